The summed E-state index contributed by atoms with van der Waals surface area (Å²) in [4.78, 5) is 25.8. The van der Waals surface area contributed by atoms with Crippen LogP contribution in [-0.2, 0) is 16.1 Å². The number of nitrogens with one attached hydrogen (secondary N) is 2. The Hall–Kier alpha value is -0.980. The predicted octanol–water partition coefficient (Wildman–Crippen LogP) is 1.73. The van der Waals surface area contributed by atoms with E-state index >= 15 is 0 Å². The monoisotopic (exact) mass is 538 g/mol. The number of ether oxygens (including phenoxy) is 1. The highest BCUT2D eigenvalue weighted by atomic mass is 127. The van der Waals surface area contributed by atoms with Crippen LogP contribution in [0.2, 0.25) is 0 Å². The number of halogens is 1. The molecular formula is C19H35IN6O2S. The van der Waals surface area contributed by atoms with Crippen LogP contribution in [0.1, 0.15) is 37.4 Å². The summed E-state index contributed by atoms with van der Waals surface area (Å²) in [6.45, 7) is 12.7. The molecule has 1 aromatic heterocycles. The second-order valence-electron chi connectivity index (χ2n) is 7.11. The van der Waals surface area contributed by atoms with Gasteiger partial charge >= 0.3 is 0 Å². The average molecular weight is 539 g/mol. The molecule has 0 unspecified atom stereocenters. The Morgan fingerprint density at radius 3 is 2.62 bits per heavy atom. The highest BCUT2D eigenvalue weighted by molar-refractivity contribution is 14.0. The molecule has 2 heterocycles. The first kappa shape index (κ1) is 26.1. The summed E-state index contributed by atoms with van der Waals surface area (Å²) in [7, 11) is 1.63. The molecule has 0 radical (unpaired) electrons. The van der Waals surface area contributed by atoms with Crippen molar-refractivity contribution in [3.63, 3.8) is 0 Å². The third kappa shape index (κ3) is 9.14. The lowest BCUT2D eigenvalue weighted by atomic mass is 10.2. The number of methoxy groups -OCH3 is 1. The predicted molar refractivity (Wildman–Crippen MR) is 129 cm³/mol. The minimum atomic E-state index is 0. The number of hydrogen-bond donors (Lipinski definition) is 2. The van der Waals surface area contributed by atoms with E-state index < -0.39 is 0 Å². The molecule has 0 saturated carbocycles. The number of nitrogens with zero attached hydrogens (tertiary/aromatic N) is 4. The van der Waals surface area contributed by atoms with Crippen molar-refractivity contribution in [2.24, 2.45) is 4.99 Å². The molecule has 1 fully saturated rings. The molecule has 166 valence electrons. The Balaban J connectivity index is 0.00000420. The van der Waals surface area contributed by atoms with Crippen LogP contribution in [-0.4, -0.2) is 86.2 Å². The third-order valence-corrected chi connectivity index (χ3v) is 5.65. The van der Waals surface area contributed by atoms with E-state index in [0.29, 0.717) is 32.2 Å². The fourth-order valence-electron chi connectivity index (χ4n) is 2.91. The molecule has 1 aliphatic rings. The number of rotatable bonds is 9. The van der Waals surface area contributed by atoms with Gasteiger partial charge in [0.1, 0.15) is 0 Å². The number of aromatic nitrogens is 1. The van der Waals surface area contributed by atoms with Crippen LogP contribution in [0.25, 0.3) is 0 Å². The van der Waals surface area contributed by atoms with Gasteiger partial charge in [0, 0.05) is 57.7 Å². The van der Waals surface area contributed by atoms with E-state index in [4.69, 9.17) is 9.73 Å². The lowest BCUT2D eigenvalue weighted by molar-refractivity contribution is -0.122. The van der Waals surface area contributed by atoms with Gasteiger partial charge in [-0.2, -0.15) is 0 Å². The number of piperazine rings is 1. The number of carbonyl (C=O) groups excluding carboxylic acids is 1. The quantitative estimate of drug-likeness (QED) is 0.216. The molecule has 2 rings (SSSR count). The maximum atomic E-state index is 11.9. The number of guanidine groups is 1. The lowest BCUT2D eigenvalue weighted by Gasteiger charge is -2.36. The minimum absolute atomic E-state index is 0. The van der Waals surface area contributed by atoms with Crippen LogP contribution in [0, 0.1) is 0 Å². The smallest absolute Gasteiger partial charge is 0.234 e. The van der Waals surface area contributed by atoms with Crippen molar-refractivity contribution >= 4 is 47.2 Å². The second kappa shape index (κ2) is 14.1. The first-order valence-corrected chi connectivity index (χ1v) is 10.9. The van der Waals surface area contributed by atoms with Gasteiger partial charge in [-0.3, -0.25) is 9.69 Å². The highest BCUT2D eigenvalue weighted by Crippen LogP contribution is 2.19. The van der Waals surface area contributed by atoms with Crippen molar-refractivity contribution in [3.8, 4) is 0 Å². The van der Waals surface area contributed by atoms with Crippen molar-refractivity contribution in [1.82, 2.24) is 25.4 Å². The van der Waals surface area contributed by atoms with E-state index in [1.165, 1.54) is 0 Å². The van der Waals surface area contributed by atoms with Gasteiger partial charge in [-0.25, -0.2) is 9.98 Å². The fraction of sp³-hybridized carbons (Fsp3) is 0.737. The Morgan fingerprint density at radius 1 is 1.31 bits per heavy atom. The van der Waals surface area contributed by atoms with Gasteiger partial charge in [0.15, 0.2) is 5.96 Å². The number of carbonyl (C=O) groups is 1. The first-order chi connectivity index (χ1) is 13.5. The topological polar surface area (TPSA) is 82.1 Å². The van der Waals surface area contributed by atoms with E-state index in [1.54, 1.807) is 18.4 Å². The molecule has 1 aromatic rings. The Morgan fingerprint density at radius 2 is 2.03 bits per heavy atom. The lowest BCUT2D eigenvalue weighted by Crippen LogP contribution is -2.54. The van der Waals surface area contributed by atoms with Gasteiger partial charge in [-0.05, 0) is 6.92 Å². The van der Waals surface area contributed by atoms with E-state index in [9.17, 15) is 4.79 Å². The molecule has 0 aliphatic carbocycles. The number of aliphatic imine (C=N–C) groups is 1. The van der Waals surface area contributed by atoms with Gasteiger partial charge in [0.05, 0.1) is 30.4 Å². The van der Waals surface area contributed by atoms with Crippen LogP contribution in [0.15, 0.2) is 10.4 Å². The average Bonchev–Trinajstić information content (AvgIpc) is 3.15. The Labute approximate surface area is 195 Å². The third-order valence-electron chi connectivity index (χ3n) is 4.46. The first-order valence-electron chi connectivity index (χ1n) is 9.99. The van der Waals surface area contributed by atoms with Gasteiger partial charge in [-0.15, -0.1) is 35.3 Å². The minimum Gasteiger partial charge on any atom is -0.383 e. The summed E-state index contributed by atoms with van der Waals surface area (Å²) < 4.78 is 4.95. The van der Waals surface area contributed by atoms with Crippen LogP contribution in [0.5, 0.6) is 0 Å². The fourth-order valence-corrected chi connectivity index (χ4v) is 3.74. The number of amides is 1. The van der Waals surface area contributed by atoms with Gasteiger partial charge in [0.25, 0.3) is 0 Å². The van der Waals surface area contributed by atoms with Crippen LogP contribution < -0.4 is 10.6 Å². The molecule has 0 atom stereocenters. The molecular weight excluding hydrogens is 503 g/mol. The van der Waals surface area contributed by atoms with Gasteiger partial charge in [0.2, 0.25) is 5.91 Å². The largest absolute Gasteiger partial charge is 0.383 e. The SMILES string of the molecule is CCNC(=NCc1csc(C(C)C)n1)N1CCN(CC(=O)NCCOC)CC1.I. The van der Waals surface area contributed by atoms with Crippen molar-refractivity contribution in [3.05, 3.63) is 16.1 Å². The van der Waals surface area contributed by atoms with Crippen molar-refractivity contribution < 1.29 is 9.53 Å². The molecule has 29 heavy (non-hydrogen) atoms. The molecule has 10 heteroatoms. The van der Waals surface area contributed by atoms with Crippen LogP contribution >= 0.6 is 35.3 Å². The summed E-state index contributed by atoms with van der Waals surface area (Å²) in [6, 6.07) is 0. The molecule has 1 saturated heterocycles. The van der Waals surface area contributed by atoms with Crippen molar-refractivity contribution in [2.45, 2.75) is 33.2 Å². The van der Waals surface area contributed by atoms with Crippen molar-refractivity contribution in [1.29, 1.82) is 0 Å². The molecule has 0 aromatic carbocycles. The van der Waals surface area contributed by atoms with E-state index in [1.807, 2.05) is 0 Å². The van der Waals surface area contributed by atoms with E-state index in [2.05, 4.69) is 51.6 Å². The molecule has 8 nitrogen and oxygen atoms in total. The maximum Gasteiger partial charge on any atom is 0.234 e. The van der Waals surface area contributed by atoms with Crippen LogP contribution in [0.3, 0.4) is 0 Å². The zero-order valence-corrected chi connectivity index (χ0v) is 21.1. The molecule has 0 bridgehead atoms. The second-order valence-corrected chi connectivity index (χ2v) is 8.00. The number of thiazole rings is 1. The standard InChI is InChI=1S/C19H34N6O2S.HI/c1-5-20-19(22-12-16-14-28-18(23-16)15(2)3)25-9-7-24(8-10-25)13-17(26)21-6-11-27-4;/h14-15H,5-13H2,1-4H3,(H,20,22)(H,21,26);1H. The molecule has 1 amide bonds. The summed E-state index contributed by atoms with van der Waals surface area (Å²) in [5.74, 6) is 1.43. The summed E-state index contributed by atoms with van der Waals surface area (Å²) >= 11 is 1.70. The number of hydrogen-bond acceptors (Lipinski definition) is 6. The highest BCUT2D eigenvalue weighted by Gasteiger charge is 2.21. The zero-order chi connectivity index (χ0) is 20.4. The van der Waals surface area contributed by atoms with Gasteiger partial charge in [-0.1, -0.05) is 13.8 Å². The van der Waals surface area contributed by atoms with E-state index in [-0.39, 0.29) is 29.9 Å². The zero-order valence-electron chi connectivity index (χ0n) is 17.9. The summed E-state index contributed by atoms with van der Waals surface area (Å²) in [5, 5.41) is 9.51. The molecule has 1 aliphatic heterocycles. The van der Waals surface area contributed by atoms with Crippen molar-refractivity contribution in [2.75, 3.05) is 59.5 Å². The summed E-state index contributed by atoms with van der Waals surface area (Å²) in [5.41, 5.74) is 1.02. The van der Waals surface area contributed by atoms with E-state index in [0.717, 1.165) is 49.4 Å². The maximum absolute atomic E-state index is 11.9. The van der Waals surface area contributed by atoms with Gasteiger partial charge < -0.3 is 20.3 Å². The molecule has 2 N–H and O–H groups in total. The summed E-state index contributed by atoms with van der Waals surface area (Å²) in [6.07, 6.45) is 0. The van der Waals surface area contributed by atoms with Crippen LogP contribution in [0.4, 0.5) is 0 Å². The Bertz CT molecular complexity index is 632. The normalized spacial score (nSPS) is 15.3. The molecule has 0 spiro atoms. The Kier molecular flexibility index (Phi) is 12.7.